The first-order valence-corrected chi connectivity index (χ1v) is 21.1. The smallest absolute Gasteiger partial charge is 0.159 e. The predicted molar refractivity (Wildman–Crippen MR) is 245 cm³/mol. The third kappa shape index (κ3) is 5.25. The molecule has 0 spiro atoms. The van der Waals surface area contributed by atoms with Crippen LogP contribution in [0.4, 0.5) is 0 Å². The Balaban J connectivity index is 0.968. The Morgan fingerprint density at radius 3 is 2.18 bits per heavy atom. The molecule has 1 aliphatic heterocycles. The van der Waals surface area contributed by atoms with Crippen molar-refractivity contribution in [2.45, 2.75) is 12.6 Å². The van der Waals surface area contributed by atoms with Crippen LogP contribution in [0.2, 0.25) is 0 Å². The average molecular weight is 767 g/mol. The van der Waals surface area contributed by atoms with E-state index < -0.39 is 0 Å². The summed E-state index contributed by atoms with van der Waals surface area (Å²) in [7, 11) is 0. The summed E-state index contributed by atoms with van der Waals surface area (Å²) in [5, 5.41) is 11.4. The second-order valence-corrected chi connectivity index (χ2v) is 17.0. The van der Waals surface area contributed by atoms with Gasteiger partial charge in [0.1, 0.15) is 12.0 Å². The van der Waals surface area contributed by atoms with Crippen LogP contribution in [0.15, 0.2) is 186 Å². The second kappa shape index (κ2) is 13.0. The Bertz CT molecular complexity index is 3320. The average Bonchev–Trinajstić information content (AvgIpc) is 3.96. The highest BCUT2D eigenvalue weighted by Gasteiger charge is 2.25. The van der Waals surface area contributed by atoms with Crippen LogP contribution < -0.4 is 5.32 Å². The molecule has 0 bridgehead atoms. The zero-order chi connectivity index (χ0) is 37.5. The van der Waals surface area contributed by atoms with Crippen LogP contribution >= 0.6 is 22.7 Å². The summed E-state index contributed by atoms with van der Waals surface area (Å²) in [5.41, 5.74) is 8.37. The summed E-state index contributed by atoms with van der Waals surface area (Å²) in [5.74, 6) is 1.93. The van der Waals surface area contributed by atoms with Gasteiger partial charge in [0.05, 0.1) is 11.0 Å². The number of hydrogen-bond donors (Lipinski definition) is 1. The highest BCUT2D eigenvalue weighted by molar-refractivity contribution is 7.26. The number of para-hydroxylation sites is 2. The van der Waals surface area contributed by atoms with Gasteiger partial charge in [-0.25, -0.2) is 9.98 Å². The van der Waals surface area contributed by atoms with E-state index in [0.717, 1.165) is 29.2 Å². The second-order valence-electron chi connectivity index (χ2n) is 14.9. The lowest BCUT2D eigenvalue weighted by molar-refractivity contribution is 0.643. The zero-order valence-corrected chi connectivity index (χ0v) is 32.4. The third-order valence-corrected chi connectivity index (χ3v) is 13.9. The summed E-state index contributed by atoms with van der Waals surface area (Å²) in [6, 6.07) is 55.3. The minimum absolute atomic E-state index is 0.191. The summed E-state index contributed by atoms with van der Waals surface area (Å²) >= 11 is 3.76. The molecule has 0 fully saturated rings. The zero-order valence-electron chi connectivity index (χ0n) is 30.8. The Hall–Kier alpha value is -6.60. The standard InChI is InChI=1S/C51H34N4S2/c1-3-13-31(14-4-1)49-52-50(32-15-5-2-6-16-32)54-51(53-49)33-25-28-44-41(29-33)39-21-11-20-38(48(39)57-44)37-19-12-24-45-47(37)40-27-26-34(30-46(40)56-45)55-42-22-9-7-17-35(42)36-18-8-10-23-43(36)55/h1-15,17-30,32,51H,16H2,(H,52,53,54). The van der Waals surface area contributed by atoms with E-state index >= 15 is 0 Å². The quantitative estimate of drug-likeness (QED) is 0.186. The fourth-order valence-corrected chi connectivity index (χ4v) is 11.3. The molecule has 2 atom stereocenters. The lowest BCUT2D eigenvalue weighted by atomic mass is 9.97. The summed E-state index contributed by atoms with van der Waals surface area (Å²) in [6.45, 7) is 0. The monoisotopic (exact) mass is 766 g/mol. The predicted octanol–water partition coefficient (Wildman–Crippen LogP) is 13.8. The summed E-state index contributed by atoms with van der Waals surface area (Å²) in [4.78, 5) is 10.2. The molecule has 270 valence electrons. The van der Waals surface area contributed by atoms with Gasteiger partial charge in [-0.3, -0.25) is 0 Å². The minimum atomic E-state index is -0.243. The number of rotatable bonds is 5. The molecule has 10 aromatic rings. The van der Waals surface area contributed by atoms with Crippen molar-refractivity contribution in [2.24, 2.45) is 15.9 Å². The van der Waals surface area contributed by atoms with Crippen molar-refractivity contribution in [1.29, 1.82) is 0 Å². The van der Waals surface area contributed by atoms with Crippen molar-refractivity contribution in [1.82, 2.24) is 9.88 Å². The maximum Gasteiger partial charge on any atom is 0.159 e. The first-order chi connectivity index (χ1) is 28.2. The number of hydrogen-bond acceptors (Lipinski definition) is 5. The van der Waals surface area contributed by atoms with E-state index in [1.807, 2.05) is 28.7 Å². The lowest BCUT2D eigenvalue weighted by Crippen LogP contribution is -2.37. The van der Waals surface area contributed by atoms with Gasteiger partial charge in [0, 0.05) is 73.8 Å². The normalized spacial score (nSPS) is 16.9. The number of thiophene rings is 2. The molecule has 1 N–H and O–H groups in total. The minimum Gasteiger partial charge on any atom is -0.348 e. The van der Waals surface area contributed by atoms with Crippen molar-refractivity contribution in [3.05, 3.63) is 187 Å². The van der Waals surface area contributed by atoms with Gasteiger partial charge in [-0.05, 0) is 60.0 Å². The molecular formula is C51H34N4S2. The van der Waals surface area contributed by atoms with Crippen LogP contribution in [0.3, 0.4) is 0 Å². The molecule has 6 heteroatoms. The summed E-state index contributed by atoms with van der Waals surface area (Å²) in [6.07, 6.45) is 9.35. The van der Waals surface area contributed by atoms with E-state index in [1.165, 1.54) is 79.0 Å². The first-order valence-electron chi connectivity index (χ1n) is 19.5. The molecule has 12 rings (SSSR count). The molecule has 4 heterocycles. The van der Waals surface area contributed by atoms with Gasteiger partial charge in [-0.2, -0.15) is 0 Å². The number of aromatic nitrogens is 1. The van der Waals surface area contributed by atoms with Crippen molar-refractivity contribution < 1.29 is 0 Å². The Labute approximate surface area is 337 Å². The molecule has 0 amide bonds. The van der Waals surface area contributed by atoms with E-state index in [4.69, 9.17) is 9.98 Å². The molecule has 2 aliphatic rings. The Morgan fingerprint density at radius 2 is 1.35 bits per heavy atom. The van der Waals surface area contributed by atoms with Gasteiger partial charge in [0.2, 0.25) is 0 Å². The molecule has 7 aromatic carbocycles. The molecule has 57 heavy (non-hydrogen) atoms. The van der Waals surface area contributed by atoms with Gasteiger partial charge in [-0.15, -0.1) is 22.7 Å². The largest absolute Gasteiger partial charge is 0.348 e. The van der Waals surface area contributed by atoms with Crippen LogP contribution in [-0.2, 0) is 0 Å². The van der Waals surface area contributed by atoms with Crippen molar-refractivity contribution >= 4 is 96.5 Å². The molecule has 1 aliphatic carbocycles. The van der Waals surface area contributed by atoms with Crippen molar-refractivity contribution in [3.63, 3.8) is 0 Å². The topological polar surface area (TPSA) is 41.7 Å². The number of nitrogens with one attached hydrogen (secondary N) is 1. The Morgan fingerprint density at radius 1 is 0.579 bits per heavy atom. The SMILES string of the molecule is C1=CCC(C2=NC(c3ccccc3)=NC(c3ccc4sc5c(-c6cccc7sc8cc(-n9c%10ccccc%10c%10ccccc%109)ccc8c67)cccc5c4c3)N2)C=C1. The molecule has 3 aromatic heterocycles. The number of allylic oxidation sites excluding steroid dienone is 3. The van der Waals surface area contributed by atoms with Gasteiger partial charge in [0.15, 0.2) is 5.84 Å². The van der Waals surface area contributed by atoms with Gasteiger partial charge < -0.3 is 9.88 Å². The van der Waals surface area contributed by atoms with E-state index in [1.54, 1.807) is 0 Å². The molecule has 0 saturated heterocycles. The molecular weight excluding hydrogens is 733 g/mol. The van der Waals surface area contributed by atoms with Crippen LogP contribution in [0.1, 0.15) is 23.7 Å². The highest BCUT2D eigenvalue weighted by atomic mass is 32.1. The van der Waals surface area contributed by atoms with Gasteiger partial charge >= 0.3 is 0 Å². The fourth-order valence-electron chi connectivity index (χ4n) is 8.90. The fraction of sp³-hybridized carbons (Fsp3) is 0.0588. The Kier molecular flexibility index (Phi) is 7.43. The van der Waals surface area contributed by atoms with Crippen LogP contribution in [-0.4, -0.2) is 16.2 Å². The number of fused-ring (bicyclic) bond motifs is 9. The molecule has 4 nitrogen and oxygen atoms in total. The van der Waals surface area contributed by atoms with E-state index in [2.05, 4.69) is 180 Å². The number of benzene rings is 7. The molecule has 0 saturated carbocycles. The first kappa shape index (κ1) is 32.6. The molecule has 2 unspecified atom stereocenters. The highest BCUT2D eigenvalue weighted by Crippen LogP contribution is 2.46. The van der Waals surface area contributed by atoms with E-state index in [9.17, 15) is 0 Å². The van der Waals surface area contributed by atoms with Crippen molar-refractivity contribution in [3.8, 4) is 16.8 Å². The van der Waals surface area contributed by atoms with Crippen LogP contribution in [0.5, 0.6) is 0 Å². The van der Waals surface area contributed by atoms with Crippen molar-refractivity contribution in [2.75, 3.05) is 0 Å². The summed E-state index contributed by atoms with van der Waals surface area (Å²) < 4.78 is 7.60. The lowest BCUT2D eigenvalue weighted by Gasteiger charge is -2.27. The maximum atomic E-state index is 5.19. The van der Waals surface area contributed by atoms with Crippen LogP contribution in [0.25, 0.3) is 79.0 Å². The number of nitrogens with zero attached hydrogens (tertiary/aromatic N) is 3. The van der Waals surface area contributed by atoms with E-state index in [-0.39, 0.29) is 12.1 Å². The number of aliphatic imine (C=N–C) groups is 2. The number of amidine groups is 2. The van der Waals surface area contributed by atoms with Gasteiger partial charge in [0.25, 0.3) is 0 Å². The third-order valence-electron chi connectivity index (χ3n) is 11.6. The van der Waals surface area contributed by atoms with E-state index in [0.29, 0.717) is 0 Å². The molecule has 0 radical (unpaired) electrons. The maximum absolute atomic E-state index is 5.19. The van der Waals surface area contributed by atoms with Crippen LogP contribution in [0, 0.1) is 5.92 Å². The van der Waals surface area contributed by atoms with Gasteiger partial charge in [-0.1, -0.05) is 133 Å².